The minimum Gasteiger partial charge on any atom is -0.463 e. The number of fused-ring (bicyclic) bond motifs is 1. The number of benzene rings is 2. The van der Waals surface area contributed by atoms with Gasteiger partial charge < -0.3 is 9.30 Å². The van der Waals surface area contributed by atoms with Crippen LogP contribution in [0.1, 0.15) is 48.0 Å². The lowest BCUT2D eigenvalue weighted by molar-refractivity contribution is -0.139. The monoisotopic (exact) mass is 655 g/mol. The molecule has 0 N–H and O–H groups in total. The Morgan fingerprint density at radius 2 is 1.85 bits per heavy atom. The fourth-order valence-corrected chi connectivity index (χ4v) is 6.48. The number of carbonyl (C=O) groups excluding carboxylic acids is 1. The molecule has 5 rings (SSSR count). The van der Waals surface area contributed by atoms with E-state index >= 15 is 0 Å². The predicted octanol–water partition coefficient (Wildman–Crippen LogP) is 5.26. The zero-order valence-corrected chi connectivity index (χ0v) is 25.2. The highest BCUT2D eigenvalue weighted by atomic mass is 127. The number of ether oxygens (including phenoxy) is 1. The second-order valence-electron chi connectivity index (χ2n) is 9.45. The van der Waals surface area contributed by atoms with Gasteiger partial charge in [0.1, 0.15) is 5.82 Å². The third kappa shape index (κ3) is 4.93. The Hall–Kier alpha value is -3.31. The molecule has 200 valence electrons. The van der Waals surface area contributed by atoms with E-state index in [4.69, 9.17) is 4.74 Å². The molecule has 0 bridgehead atoms. The summed E-state index contributed by atoms with van der Waals surface area (Å²) in [6.07, 6.45) is 1.88. The molecule has 1 aliphatic heterocycles. The first-order chi connectivity index (χ1) is 18.6. The fourth-order valence-electron chi connectivity index (χ4n) is 4.95. The Kier molecular flexibility index (Phi) is 7.47. The minimum absolute atomic E-state index is 0.186. The highest BCUT2D eigenvalue weighted by Gasteiger charge is 2.33. The molecule has 0 spiro atoms. The van der Waals surface area contributed by atoms with Crippen LogP contribution in [0.4, 0.5) is 4.39 Å². The summed E-state index contributed by atoms with van der Waals surface area (Å²) in [7, 11) is 0. The summed E-state index contributed by atoms with van der Waals surface area (Å²) in [5, 5.41) is 0. The zero-order chi connectivity index (χ0) is 28.0. The van der Waals surface area contributed by atoms with Gasteiger partial charge in [0, 0.05) is 20.6 Å². The van der Waals surface area contributed by atoms with Crippen LogP contribution < -0.4 is 14.9 Å². The van der Waals surface area contributed by atoms with Gasteiger partial charge in [-0.1, -0.05) is 29.5 Å². The van der Waals surface area contributed by atoms with E-state index in [0.29, 0.717) is 20.6 Å². The number of thiazole rings is 1. The van der Waals surface area contributed by atoms with Crippen molar-refractivity contribution in [1.29, 1.82) is 0 Å². The Morgan fingerprint density at radius 1 is 1.13 bits per heavy atom. The quantitative estimate of drug-likeness (QED) is 0.218. The van der Waals surface area contributed by atoms with E-state index in [1.807, 2.05) is 19.9 Å². The molecule has 0 fully saturated rings. The summed E-state index contributed by atoms with van der Waals surface area (Å²) in [6, 6.07) is 13.5. The molecule has 2 aromatic heterocycles. The van der Waals surface area contributed by atoms with Crippen LogP contribution in [0.2, 0.25) is 0 Å². The fraction of sp³-hybridized carbons (Fsp3) is 0.233. The Bertz CT molecular complexity index is 1830. The average molecular weight is 656 g/mol. The maximum atomic E-state index is 13.9. The number of hydrogen-bond acceptors (Lipinski definition) is 5. The highest BCUT2D eigenvalue weighted by molar-refractivity contribution is 14.1. The second-order valence-corrected chi connectivity index (χ2v) is 11.6. The van der Waals surface area contributed by atoms with Gasteiger partial charge in [0.15, 0.2) is 4.80 Å². The smallest absolute Gasteiger partial charge is 0.338 e. The Labute approximate surface area is 242 Å². The first-order valence-corrected chi connectivity index (χ1v) is 14.4. The van der Waals surface area contributed by atoms with Crippen molar-refractivity contribution in [2.45, 2.75) is 40.7 Å². The largest absolute Gasteiger partial charge is 0.463 e. The lowest BCUT2D eigenvalue weighted by Crippen LogP contribution is -2.39. The summed E-state index contributed by atoms with van der Waals surface area (Å²) >= 11 is 3.61. The molecule has 9 heteroatoms. The number of halogens is 2. The van der Waals surface area contributed by atoms with Crippen molar-refractivity contribution in [1.82, 2.24) is 9.13 Å². The SMILES string of the molecule is CCOC(=O)C1=C(C)N=c2s/c(=C\c3cc(C)n(-c4ccc(C)c(I)c4)c3C)c(=O)n2[C@@H]1c1ccc(F)cc1. The number of carbonyl (C=O) groups is 1. The number of aromatic nitrogens is 2. The highest BCUT2D eigenvalue weighted by Crippen LogP contribution is 2.31. The molecule has 0 aliphatic carbocycles. The van der Waals surface area contributed by atoms with Crippen LogP contribution in [-0.2, 0) is 9.53 Å². The molecule has 1 atom stereocenters. The van der Waals surface area contributed by atoms with E-state index in [1.54, 1.807) is 26.0 Å². The first-order valence-electron chi connectivity index (χ1n) is 12.5. The zero-order valence-electron chi connectivity index (χ0n) is 22.2. The summed E-state index contributed by atoms with van der Waals surface area (Å²) in [4.78, 5) is 32.0. The van der Waals surface area contributed by atoms with Gasteiger partial charge >= 0.3 is 5.97 Å². The number of nitrogens with zero attached hydrogens (tertiary/aromatic N) is 3. The van der Waals surface area contributed by atoms with Crippen molar-refractivity contribution in [2.24, 2.45) is 4.99 Å². The summed E-state index contributed by atoms with van der Waals surface area (Å²) < 4.78 is 24.5. The van der Waals surface area contributed by atoms with Gasteiger partial charge in [0.2, 0.25) is 0 Å². The average Bonchev–Trinajstić information content (AvgIpc) is 3.35. The predicted molar refractivity (Wildman–Crippen MR) is 159 cm³/mol. The number of rotatable bonds is 5. The summed E-state index contributed by atoms with van der Waals surface area (Å²) in [5.41, 5.74) is 6.35. The van der Waals surface area contributed by atoms with Crippen molar-refractivity contribution in [3.63, 3.8) is 0 Å². The number of allylic oxidation sites excluding steroid dienone is 1. The van der Waals surface area contributed by atoms with Crippen molar-refractivity contribution in [3.05, 3.63) is 117 Å². The van der Waals surface area contributed by atoms with E-state index in [9.17, 15) is 14.0 Å². The van der Waals surface area contributed by atoms with Gasteiger partial charge in [-0.3, -0.25) is 9.36 Å². The number of esters is 1. The number of hydrogen-bond donors (Lipinski definition) is 0. The Balaban J connectivity index is 1.68. The molecule has 0 saturated carbocycles. The minimum atomic E-state index is -0.773. The lowest BCUT2D eigenvalue weighted by atomic mass is 9.96. The van der Waals surface area contributed by atoms with Crippen LogP contribution >= 0.6 is 33.9 Å². The third-order valence-corrected chi connectivity index (χ3v) is 9.02. The van der Waals surface area contributed by atoms with Crippen LogP contribution in [0, 0.1) is 30.2 Å². The molecule has 0 amide bonds. The van der Waals surface area contributed by atoms with E-state index in [-0.39, 0.29) is 17.7 Å². The van der Waals surface area contributed by atoms with Gasteiger partial charge in [0.25, 0.3) is 5.56 Å². The van der Waals surface area contributed by atoms with Crippen molar-refractivity contribution in [2.75, 3.05) is 6.61 Å². The van der Waals surface area contributed by atoms with Gasteiger partial charge in [-0.05, 0) is 110 Å². The van der Waals surface area contributed by atoms with Crippen molar-refractivity contribution < 1.29 is 13.9 Å². The van der Waals surface area contributed by atoms with Crippen LogP contribution in [0.5, 0.6) is 0 Å². The van der Waals surface area contributed by atoms with E-state index in [2.05, 4.69) is 63.3 Å². The van der Waals surface area contributed by atoms with E-state index in [1.165, 1.54) is 37.2 Å². The molecule has 3 heterocycles. The molecule has 39 heavy (non-hydrogen) atoms. The van der Waals surface area contributed by atoms with Gasteiger partial charge in [-0.15, -0.1) is 0 Å². The molecule has 0 radical (unpaired) electrons. The topological polar surface area (TPSA) is 65.6 Å². The lowest BCUT2D eigenvalue weighted by Gasteiger charge is -2.24. The molecule has 4 aromatic rings. The maximum absolute atomic E-state index is 13.9. The van der Waals surface area contributed by atoms with Crippen LogP contribution in [0.25, 0.3) is 11.8 Å². The summed E-state index contributed by atoms with van der Waals surface area (Å²) in [6.45, 7) is 9.81. The second kappa shape index (κ2) is 10.7. The van der Waals surface area contributed by atoms with E-state index < -0.39 is 17.8 Å². The third-order valence-electron chi connectivity index (χ3n) is 6.87. The number of aryl methyl sites for hydroxylation is 2. The van der Waals surface area contributed by atoms with Gasteiger partial charge in [0.05, 0.1) is 28.5 Å². The molecule has 0 unspecified atom stereocenters. The molecule has 1 aliphatic rings. The van der Waals surface area contributed by atoms with Gasteiger partial charge in [-0.25, -0.2) is 14.2 Å². The standard InChI is InChI=1S/C30H27FIN3O3S/c1-6-38-29(37)26-18(4)33-30-35(27(26)20-8-10-22(31)11-9-20)28(36)25(39-30)14-21-13-17(3)34(19(21)5)23-12-7-16(2)24(32)15-23/h7-15,27H,6H2,1-5H3/b25-14-/t27-/m1/s1. The van der Waals surface area contributed by atoms with Crippen molar-refractivity contribution in [3.8, 4) is 5.69 Å². The molecular weight excluding hydrogens is 628 g/mol. The normalized spacial score (nSPS) is 15.4. The van der Waals surface area contributed by atoms with E-state index in [0.717, 1.165) is 22.6 Å². The molecule has 2 aromatic carbocycles. The first kappa shape index (κ1) is 27.3. The van der Waals surface area contributed by atoms with Crippen LogP contribution in [0.3, 0.4) is 0 Å². The van der Waals surface area contributed by atoms with Gasteiger partial charge in [-0.2, -0.15) is 0 Å². The van der Waals surface area contributed by atoms with Crippen molar-refractivity contribution >= 4 is 46.0 Å². The molecule has 6 nitrogen and oxygen atoms in total. The Morgan fingerprint density at radius 3 is 2.51 bits per heavy atom. The molecular formula is C30H27FIN3O3S. The van der Waals surface area contributed by atoms with Crippen LogP contribution in [0.15, 0.2) is 69.6 Å². The summed E-state index contributed by atoms with van der Waals surface area (Å²) in [5.74, 6) is -0.943. The van der Waals surface area contributed by atoms with Crippen LogP contribution in [-0.4, -0.2) is 21.7 Å². The maximum Gasteiger partial charge on any atom is 0.338 e. The molecule has 0 saturated heterocycles.